The molecule has 2 aromatic rings. The van der Waals surface area contributed by atoms with Gasteiger partial charge in [-0.15, -0.1) is 6.58 Å². The molecule has 1 aliphatic carbocycles. The van der Waals surface area contributed by atoms with Gasteiger partial charge in [0.05, 0.1) is 19.2 Å². The first-order valence-electron chi connectivity index (χ1n) is 10.4. The molecule has 1 N–H and O–H groups in total. The third-order valence-electron chi connectivity index (χ3n) is 5.44. The minimum absolute atomic E-state index is 0.0562. The van der Waals surface area contributed by atoms with E-state index in [4.69, 9.17) is 9.47 Å². The van der Waals surface area contributed by atoms with E-state index >= 15 is 0 Å². The number of alkyl halides is 3. The van der Waals surface area contributed by atoms with E-state index in [1.807, 2.05) is 35.6 Å². The van der Waals surface area contributed by atoms with Crippen LogP contribution in [0.4, 0.5) is 18.0 Å². The fraction of sp³-hybridized carbons (Fsp3) is 0.333. The number of nitrogens with one attached hydrogen (secondary N) is 1. The highest BCUT2D eigenvalue weighted by Crippen LogP contribution is 2.44. The zero-order valence-corrected chi connectivity index (χ0v) is 18.1. The molecule has 0 fully saturated rings. The van der Waals surface area contributed by atoms with Crippen LogP contribution in [0.5, 0.6) is 5.75 Å². The fourth-order valence-electron chi connectivity index (χ4n) is 3.84. The lowest BCUT2D eigenvalue weighted by atomic mass is 10.1. The Morgan fingerprint density at radius 1 is 1.18 bits per heavy atom. The second-order valence-electron chi connectivity index (χ2n) is 7.58. The minimum atomic E-state index is -5.02. The quantitative estimate of drug-likeness (QED) is 0.556. The predicted molar refractivity (Wildman–Crippen MR) is 115 cm³/mol. The molecule has 0 saturated carbocycles. The second kappa shape index (κ2) is 10.4. The Hall–Kier alpha value is -3.49. The number of rotatable bonds is 8. The van der Waals surface area contributed by atoms with Gasteiger partial charge >= 0.3 is 18.2 Å². The van der Waals surface area contributed by atoms with Gasteiger partial charge in [0.2, 0.25) is 0 Å². The van der Waals surface area contributed by atoms with Crippen molar-refractivity contribution in [3.05, 3.63) is 77.9 Å². The zero-order chi connectivity index (χ0) is 24.0. The molecule has 176 valence electrons. The van der Waals surface area contributed by atoms with Crippen LogP contribution < -0.4 is 10.1 Å². The van der Waals surface area contributed by atoms with E-state index in [9.17, 15) is 22.8 Å². The van der Waals surface area contributed by atoms with Crippen LogP contribution >= 0.6 is 0 Å². The largest absolute Gasteiger partial charge is 0.497 e. The van der Waals surface area contributed by atoms with Crippen LogP contribution in [0.1, 0.15) is 41.6 Å². The highest BCUT2D eigenvalue weighted by molar-refractivity contribution is 5.82. The molecule has 0 saturated heterocycles. The summed E-state index contributed by atoms with van der Waals surface area (Å²) in [7, 11) is 1.44. The lowest BCUT2D eigenvalue weighted by Gasteiger charge is -2.29. The molecule has 0 aromatic heterocycles. The summed E-state index contributed by atoms with van der Waals surface area (Å²) < 4.78 is 49.4. The summed E-state index contributed by atoms with van der Waals surface area (Å²) in [6.07, 6.45) is -3.45. The molecule has 0 aliphatic heterocycles. The number of amides is 2. The molecule has 6 nitrogen and oxygen atoms in total. The van der Waals surface area contributed by atoms with Crippen molar-refractivity contribution in [3.63, 3.8) is 0 Å². The van der Waals surface area contributed by atoms with E-state index in [0.717, 1.165) is 5.56 Å². The molecule has 1 aliphatic rings. The molecule has 1 unspecified atom stereocenters. The highest BCUT2D eigenvalue weighted by atomic mass is 19.4. The maximum Gasteiger partial charge on any atom is 0.471 e. The van der Waals surface area contributed by atoms with E-state index in [1.54, 1.807) is 24.3 Å². The second-order valence-corrected chi connectivity index (χ2v) is 7.58. The molecule has 0 spiro atoms. The summed E-state index contributed by atoms with van der Waals surface area (Å²) in [6.45, 7) is 4.00. The molecule has 0 bridgehead atoms. The first-order valence-corrected chi connectivity index (χ1v) is 10.4. The molecule has 0 heterocycles. The number of nitrogens with zero attached hydrogens (tertiary/aromatic N) is 1. The van der Waals surface area contributed by atoms with Gasteiger partial charge in [-0.1, -0.05) is 42.5 Å². The minimum Gasteiger partial charge on any atom is -0.497 e. The Labute approximate surface area is 190 Å². The van der Waals surface area contributed by atoms with Crippen LogP contribution in [-0.4, -0.2) is 36.7 Å². The SMILES string of the molecule is C=CCCN(C(=O)OCc1ccccc1)C1C[C@H](NC(=O)C(F)(F)F)c2cc(OC)ccc21. The molecule has 33 heavy (non-hydrogen) atoms. The topological polar surface area (TPSA) is 67.9 Å². The number of carbonyl (C=O) groups excluding carboxylic acids is 2. The number of benzene rings is 2. The summed E-state index contributed by atoms with van der Waals surface area (Å²) in [4.78, 5) is 26.1. The van der Waals surface area contributed by atoms with Gasteiger partial charge in [0, 0.05) is 6.54 Å². The third kappa shape index (κ3) is 5.85. The smallest absolute Gasteiger partial charge is 0.471 e. The zero-order valence-electron chi connectivity index (χ0n) is 18.1. The lowest BCUT2D eigenvalue weighted by Crippen LogP contribution is -2.39. The number of ether oxygens (including phenoxy) is 2. The number of hydrogen-bond acceptors (Lipinski definition) is 4. The van der Waals surface area contributed by atoms with Crippen LogP contribution in [0.3, 0.4) is 0 Å². The molecule has 3 rings (SSSR count). The van der Waals surface area contributed by atoms with Crippen molar-refractivity contribution < 1.29 is 32.2 Å². The van der Waals surface area contributed by atoms with Crippen molar-refractivity contribution in [2.75, 3.05) is 13.7 Å². The van der Waals surface area contributed by atoms with Crippen LogP contribution in [0.25, 0.3) is 0 Å². The summed E-state index contributed by atoms with van der Waals surface area (Å²) in [6, 6.07) is 12.6. The molecule has 0 radical (unpaired) electrons. The fourth-order valence-corrected chi connectivity index (χ4v) is 3.84. The standard InChI is InChI=1S/C24H25F3N2O4/c1-3-4-12-29(23(31)33-15-16-8-6-5-7-9-16)21-14-20(28-22(30)24(25,26)27)19-13-17(32-2)10-11-18(19)21/h3,5-11,13,20-21H,1,4,12,14-15H2,2H3,(H,28,30)/t20-,21?/m0/s1. The van der Waals surface area contributed by atoms with Gasteiger partial charge in [-0.2, -0.15) is 13.2 Å². The van der Waals surface area contributed by atoms with E-state index in [2.05, 4.69) is 6.58 Å². The normalized spacial score (nSPS) is 17.1. The van der Waals surface area contributed by atoms with E-state index in [-0.39, 0.29) is 19.6 Å². The summed E-state index contributed by atoms with van der Waals surface area (Å²) in [5.74, 6) is -1.60. The van der Waals surface area contributed by atoms with E-state index in [0.29, 0.717) is 23.3 Å². The van der Waals surface area contributed by atoms with E-state index < -0.39 is 30.3 Å². The number of fused-ring (bicyclic) bond motifs is 1. The van der Waals surface area contributed by atoms with E-state index in [1.165, 1.54) is 12.0 Å². The van der Waals surface area contributed by atoms with Crippen LogP contribution in [-0.2, 0) is 16.1 Å². The van der Waals surface area contributed by atoms with Crippen LogP contribution in [0.15, 0.2) is 61.2 Å². The maximum absolute atomic E-state index is 13.0. The Balaban J connectivity index is 1.87. The van der Waals surface area contributed by atoms with Gasteiger partial charge in [0.1, 0.15) is 12.4 Å². The summed E-state index contributed by atoms with van der Waals surface area (Å²) in [5.41, 5.74) is 1.90. The van der Waals surface area contributed by atoms with Crippen molar-refractivity contribution in [3.8, 4) is 5.75 Å². The Kier molecular flexibility index (Phi) is 7.63. The van der Waals surface area contributed by atoms with Crippen LogP contribution in [0, 0.1) is 0 Å². The van der Waals surface area contributed by atoms with Crippen molar-refractivity contribution >= 4 is 12.0 Å². The molecule has 2 atom stereocenters. The van der Waals surface area contributed by atoms with Gasteiger partial charge < -0.3 is 19.7 Å². The summed E-state index contributed by atoms with van der Waals surface area (Å²) in [5, 5.41) is 2.05. The van der Waals surface area contributed by atoms with Gasteiger partial charge in [-0.3, -0.25) is 4.79 Å². The van der Waals surface area contributed by atoms with Crippen molar-refractivity contribution in [1.29, 1.82) is 0 Å². The molecule has 2 aromatic carbocycles. The highest BCUT2D eigenvalue weighted by Gasteiger charge is 2.44. The number of carbonyl (C=O) groups is 2. The monoisotopic (exact) mass is 462 g/mol. The molecule has 9 heteroatoms. The Morgan fingerprint density at radius 2 is 1.91 bits per heavy atom. The predicted octanol–water partition coefficient (Wildman–Crippen LogP) is 5.07. The number of hydrogen-bond donors (Lipinski definition) is 1. The third-order valence-corrected chi connectivity index (χ3v) is 5.44. The summed E-state index contributed by atoms with van der Waals surface area (Å²) >= 11 is 0. The Bertz CT molecular complexity index is 995. The average molecular weight is 462 g/mol. The molecule has 2 amide bonds. The average Bonchev–Trinajstić information content (AvgIpc) is 3.15. The van der Waals surface area contributed by atoms with Gasteiger partial charge in [0.25, 0.3) is 0 Å². The molecular weight excluding hydrogens is 437 g/mol. The van der Waals surface area contributed by atoms with Crippen molar-refractivity contribution in [2.45, 2.75) is 37.7 Å². The molecular formula is C24H25F3N2O4. The number of methoxy groups -OCH3 is 1. The van der Waals surface area contributed by atoms with Crippen molar-refractivity contribution in [1.82, 2.24) is 10.2 Å². The lowest BCUT2D eigenvalue weighted by molar-refractivity contribution is -0.174. The first kappa shape index (κ1) is 24.2. The number of halogens is 3. The van der Waals surface area contributed by atoms with Crippen LogP contribution in [0.2, 0.25) is 0 Å². The van der Waals surface area contributed by atoms with Gasteiger partial charge in [-0.05, 0) is 41.7 Å². The maximum atomic E-state index is 13.0. The Morgan fingerprint density at radius 3 is 2.55 bits per heavy atom. The first-order chi connectivity index (χ1) is 15.7. The van der Waals surface area contributed by atoms with Crippen molar-refractivity contribution in [2.24, 2.45) is 0 Å². The van der Waals surface area contributed by atoms with Gasteiger partial charge in [-0.25, -0.2) is 4.79 Å². The van der Waals surface area contributed by atoms with Gasteiger partial charge in [0.15, 0.2) is 0 Å².